The molecule has 2 fully saturated rings. The largest absolute Gasteiger partial charge is 0.437 e. The minimum absolute atomic E-state index is 0.0542. The normalized spacial score (nSPS) is 15.1. The van der Waals surface area contributed by atoms with Gasteiger partial charge in [-0.1, -0.05) is 42.4 Å². The molecule has 2 aliphatic heterocycles. The first-order valence-electron chi connectivity index (χ1n) is 13.9. The first kappa shape index (κ1) is 27.4. The molecule has 0 radical (unpaired) electrons. The van der Waals surface area contributed by atoms with Gasteiger partial charge in [0.15, 0.2) is 0 Å². The summed E-state index contributed by atoms with van der Waals surface area (Å²) in [4.78, 5) is 27.1. The van der Waals surface area contributed by atoms with Crippen molar-refractivity contribution >= 4 is 46.2 Å². The fraction of sp³-hybridized carbons (Fsp3) is 0.219. The van der Waals surface area contributed by atoms with Crippen molar-refractivity contribution in [2.24, 2.45) is 0 Å². The molecule has 2 saturated heterocycles. The average Bonchev–Trinajstić information content (AvgIpc) is 3.01. The third kappa shape index (κ3) is 6.42. The summed E-state index contributed by atoms with van der Waals surface area (Å²) in [6, 6.07) is 26.6. The highest BCUT2D eigenvalue weighted by atomic mass is 35.5. The summed E-state index contributed by atoms with van der Waals surface area (Å²) in [6.07, 6.45) is 2.86. The maximum Gasteiger partial charge on any atom is 0.246 e. The van der Waals surface area contributed by atoms with Gasteiger partial charge in [-0.2, -0.15) is 4.98 Å². The molecule has 10 heteroatoms. The highest BCUT2D eigenvalue weighted by Crippen LogP contribution is 2.30. The maximum atomic E-state index is 11.7. The Morgan fingerprint density at radius 2 is 1.60 bits per heavy atom. The number of likely N-dealkylation sites (tertiary alicyclic amines) is 1. The molecule has 214 valence electrons. The minimum atomic E-state index is -0.0542. The van der Waals surface area contributed by atoms with Gasteiger partial charge < -0.3 is 30.1 Å². The van der Waals surface area contributed by atoms with Crippen LogP contribution in [0.15, 0.2) is 97.7 Å². The van der Waals surface area contributed by atoms with Gasteiger partial charge in [0.1, 0.15) is 10.8 Å². The molecule has 0 unspecified atom stereocenters. The van der Waals surface area contributed by atoms with Crippen molar-refractivity contribution in [3.63, 3.8) is 0 Å². The Hall–Kier alpha value is -4.76. The molecule has 4 aromatic rings. The number of aromatic nitrogens is 2. The van der Waals surface area contributed by atoms with Crippen LogP contribution >= 0.6 is 11.6 Å². The van der Waals surface area contributed by atoms with Crippen LogP contribution in [0.3, 0.4) is 0 Å². The van der Waals surface area contributed by atoms with Gasteiger partial charge in [0, 0.05) is 68.1 Å². The van der Waals surface area contributed by atoms with Crippen LogP contribution in [-0.4, -0.2) is 66.1 Å². The number of para-hydroxylation sites is 1. The Morgan fingerprint density at radius 3 is 2.29 bits per heavy atom. The molecule has 6 rings (SSSR count). The van der Waals surface area contributed by atoms with E-state index < -0.39 is 0 Å². The molecule has 42 heavy (non-hydrogen) atoms. The van der Waals surface area contributed by atoms with E-state index in [1.54, 1.807) is 4.90 Å². The molecule has 2 N–H and O–H groups in total. The number of piperazine rings is 1. The second-order valence-corrected chi connectivity index (χ2v) is 10.7. The summed E-state index contributed by atoms with van der Waals surface area (Å²) in [6.45, 7) is 8.71. The number of rotatable bonds is 9. The Balaban J connectivity index is 1.04. The maximum absolute atomic E-state index is 11.7. The lowest BCUT2D eigenvalue weighted by Gasteiger charge is -2.39. The molecule has 3 aromatic carbocycles. The number of amides is 1. The number of carbonyl (C=O) groups is 1. The summed E-state index contributed by atoms with van der Waals surface area (Å²) in [7, 11) is 0. The fourth-order valence-corrected chi connectivity index (χ4v) is 5.23. The predicted molar refractivity (Wildman–Crippen MR) is 168 cm³/mol. The highest BCUT2D eigenvalue weighted by Gasteiger charge is 2.29. The van der Waals surface area contributed by atoms with E-state index in [1.807, 2.05) is 36.4 Å². The van der Waals surface area contributed by atoms with Gasteiger partial charge in [-0.15, -0.1) is 0 Å². The zero-order chi connectivity index (χ0) is 28.9. The van der Waals surface area contributed by atoms with E-state index in [2.05, 4.69) is 79.4 Å². The standard InChI is InChI=1S/C32H32ClN7O2/c1-2-30(41)40-21-25(22-40)35-24-7-6-10-28(19-24)42-31-29(33)20-34-32(37-31)36-23-11-13-27(14-12-23)39-17-15-38(16-18-39)26-8-4-3-5-9-26/h2-14,19-20,25,35H,1,15-18,21-22H2,(H,34,36,37). The Morgan fingerprint density at radius 1 is 0.905 bits per heavy atom. The molecule has 1 aromatic heterocycles. The molecule has 2 aliphatic rings. The SMILES string of the molecule is C=CC(=O)N1CC(Nc2cccc(Oc3nc(Nc4ccc(N5CCN(c6ccccc6)CC5)cc4)ncc3Cl)c2)C1. The predicted octanol–water partition coefficient (Wildman–Crippen LogP) is 5.80. The molecular formula is C32H32ClN7O2. The number of anilines is 5. The van der Waals surface area contributed by atoms with E-state index in [0.717, 1.165) is 37.6 Å². The Kier molecular flexibility index (Phi) is 8.09. The molecule has 9 nitrogen and oxygen atoms in total. The number of benzene rings is 3. The smallest absolute Gasteiger partial charge is 0.246 e. The van der Waals surface area contributed by atoms with Crippen LogP contribution in [0.25, 0.3) is 0 Å². The molecule has 3 heterocycles. The summed E-state index contributed by atoms with van der Waals surface area (Å²) in [5.74, 6) is 1.17. The van der Waals surface area contributed by atoms with Gasteiger partial charge in [-0.3, -0.25) is 4.79 Å². The molecular weight excluding hydrogens is 550 g/mol. The molecule has 0 bridgehead atoms. The Bertz CT molecular complexity index is 1540. The van der Waals surface area contributed by atoms with Crippen molar-refractivity contribution in [2.75, 3.05) is 59.7 Å². The van der Waals surface area contributed by atoms with Crippen molar-refractivity contribution in [1.29, 1.82) is 0 Å². The Labute approximate surface area is 250 Å². The average molecular weight is 582 g/mol. The highest BCUT2D eigenvalue weighted by molar-refractivity contribution is 6.31. The van der Waals surface area contributed by atoms with Gasteiger partial charge in [0.2, 0.25) is 17.7 Å². The van der Waals surface area contributed by atoms with Crippen molar-refractivity contribution in [2.45, 2.75) is 6.04 Å². The monoisotopic (exact) mass is 581 g/mol. The second-order valence-electron chi connectivity index (χ2n) is 10.2. The van der Waals surface area contributed by atoms with Crippen LogP contribution in [0, 0.1) is 0 Å². The third-order valence-corrected chi connectivity index (χ3v) is 7.65. The van der Waals surface area contributed by atoms with Crippen molar-refractivity contribution in [1.82, 2.24) is 14.9 Å². The quantitative estimate of drug-likeness (QED) is 0.240. The number of hydrogen-bond acceptors (Lipinski definition) is 8. The third-order valence-electron chi connectivity index (χ3n) is 7.39. The van der Waals surface area contributed by atoms with Crippen LogP contribution in [0.2, 0.25) is 5.02 Å². The fourth-order valence-electron chi connectivity index (χ4n) is 5.11. The van der Waals surface area contributed by atoms with Crippen LogP contribution < -0.4 is 25.2 Å². The van der Waals surface area contributed by atoms with Crippen LogP contribution in [0.4, 0.5) is 28.7 Å². The van der Waals surface area contributed by atoms with Crippen molar-refractivity contribution < 1.29 is 9.53 Å². The molecule has 0 atom stereocenters. The number of nitrogens with zero attached hydrogens (tertiary/aromatic N) is 5. The second kappa shape index (κ2) is 12.4. The number of halogens is 1. The minimum Gasteiger partial charge on any atom is -0.437 e. The van der Waals surface area contributed by atoms with Crippen molar-refractivity contribution in [3.8, 4) is 11.6 Å². The lowest BCUT2D eigenvalue weighted by atomic mass is 10.1. The van der Waals surface area contributed by atoms with E-state index in [4.69, 9.17) is 16.3 Å². The topological polar surface area (TPSA) is 85.9 Å². The first-order chi connectivity index (χ1) is 20.5. The summed E-state index contributed by atoms with van der Waals surface area (Å²) >= 11 is 6.37. The first-order valence-corrected chi connectivity index (χ1v) is 14.3. The number of ether oxygens (including phenoxy) is 1. The van der Waals surface area contributed by atoms with E-state index in [9.17, 15) is 4.79 Å². The summed E-state index contributed by atoms with van der Waals surface area (Å²) < 4.78 is 6.03. The van der Waals surface area contributed by atoms with Gasteiger partial charge in [-0.05, 0) is 54.6 Å². The zero-order valence-corrected chi connectivity index (χ0v) is 23.9. The van der Waals surface area contributed by atoms with E-state index in [1.165, 1.54) is 23.6 Å². The van der Waals surface area contributed by atoms with Gasteiger partial charge >= 0.3 is 0 Å². The summed E-state index contributed by atoms with van der Waals surface area (Å²) in [5, 5.41) is 6.97. The van der Waals surface area contributed by atoms with Gasteiger partial charge in [0.25, 0.3) is 0 Å². The van der Waals surface area contributed by atoms with Gasteiger partial charge in [0.05, 0.1) is 12.2 Å². The lowest BCUT2D eigenvalue weighted by Crippen LogP contribution is -2.56. The van der Waals surface area contributed by atoms with E-state index in [-0.39, 0.29) is 17.8 Å². The molecule has 1 amide bonds. The molecule has 0 spiro atoms. The number of hydrogen-bond donors (Lipinski definition) is 2. The van der Waals surface area contributed by atoms with E-state index >= 15 is 0 Å². The van der Waals surface area contributed by atoms with Crippen LogP contribution in [0.1, 0.15) is 0 Å². The number of carbonyl (C=O) groups excluding carboxylic acids is 1. The van der Waals surface area contributed by atoms with E-state index in [0.29, 0.717) is 29.8 Å². The van der Waals surface area contributed by atoms with Crippen molar-refractivity contribution in [3.05, 3.63) is 103 Å². The molecule has 0 aliphatic carbocycles. The van der Waals surface area contributed by atoms with Crippen LogP contribution in [-0.2, 0) is 4.79 Å². The van der Waals surface area contributed by atoms with Gasteiger partial charge in [-0.25, -0.2) is 4.98 Å². The van der Waals surface area contributed by atoms with Crippen LogP contribution in [0.5, 0.6) is 11.6 Å². The zero-order valence-electron chi connectivity index (χ0n) is 23.1. The number of nitrogens with one attached hydrogen (secondary N) is 2. The summed E-state index contributed by atoms with van der Waals surface area (Å²) in [5.41, 5.74) is 4.21. The molecule has 0 saturated carbocycles. The lowest BCUT2D eigenvalue weighted by molar-refractivity contribution is -0.129.